The van der Waals surface area contributed by atoms with E-state index in [0.29, 0.717) is 32.1 Å². The van der Waals surface area contributed by atoms with Crippen LogP contribution in [0.1, 0.15) is 11.1 Å². The summed E-state index contributed by atoms with van der Waals surface area (Å²) in [6.07, 6.45) is 0. The molecule has 0 saturated heterocycles. The fraction of sp³-hybridized carbons (Fsp3) is 0. The van der Waals surface area contributed by atoms with Gasteiger partial charge in [0.25, 0.3) is 22.7 Å². The number of non-ortho nitro benzene ring substituents is 4. The Balaban J connectivity index is 1.87. The highest BCUT2D eigenvalue weighted by molar-refractivity contribution is 8.40. The molecule has 0 fully saturated rings. The molecule has 0 aliphatic carbocycles. The molecule has 4 aromatic rings. The van der Waals surface area contributed by atoms with Gasteiger partial charge in [0.1, 0.15) is 0 Å². The molecule has 14 nitrogen and oxygen atoms in total. The van der Waals surface area contributed by atoms with Crippen molar-refractivity contribution < 1.29 is 19.7 Å². The SMILES string of the molecule is NC1=C(c2ccc([N+](=O)[O-])cc2)C(c2ccc([N+](=O)[O-])cc2)=C(N)S1(c1ccc([N+](=O)[O-])cc1)c1ccc([N+](=O)[O-])cc1. The Morgan fingerprint density at radius 1 is 0.419 bits per heavy atom. The van der Waals surface area contributed by atoms with Crippen molar-refractivity contribution in [1.29, 1.82) is 0 Å². The molecule has 1 aliphatic rings. The van der Waals surface area contributed by atoms with Crippen LogP contribution in [0.15, 0.2) is 117 Å². The van der Waals surface area contributed by atoms with E-state index >= 15 is 0 Å². The molecule has 216 valence electrons. The van der Waals surface area contributed by atoms with Crippen molar-refractivity contribution in [3.63, 3.8) is 0 Å². The first kappa shape index (κ1) is 28.4. The molecule has 15 heteroatoms. The van der Waals surface area contributed by atoms with Crippen molar-refractivity contribution >= 4 is 43.9 Å². The van der Waals surface area contributed by atoms with E-state index in [0.717, 1.165) is 0 Å². The summed E-state index contributed by atoms with van der Waals surface area (Å²) in [5.41, 5.74) is 15.1. The fourth-order valence-corrected chi connectivity index (χ4v) is 8.60. The second-order valence-electron chi connectivity index (χ2n) is 9.20. The van der Waals surface area contributed by atoms with Crippen molar-refractivity contribution in [2.45, 2.75) is 9.79 Å². The van der Waals surface area contributed by atoms with Gasteiger partial charge in [-0.3, -0.25) is 40.5 Å². The lowest BCUT2D eigenvalue weighted by molar-refractivity contribution is -0.385. The number of allylic oxidation sites excluding steroid dienone is 2. The number of nitro benzene ring substituents is 4. The monoisotopic (exact) mass is 600 g/mol. The summed E-state index contributed by atoms with van der Waals surface area (Å²) < 4.78 is 0. The first-order chi connectivity index (χ1) is 20.5. The molecular formula is C28H20N6O8S. The highest BCUT2D eigenvalue weighted by Crippen LogP contribution is 2.77. The van der Waals surface area contributed by atoms with Crippen molar-refractivity contribution in [1.82, 2.24) is 0 Å². The average Bonchev–Trinajstić information content (AvgIpc) is 3.23. The number of nitro groups is 4. The topological polar surface area (TPSA) is 225 Å². The van der Waals surface area contributed by atoms with Crippen LogP contribution in [0.3, 0.4) is 0 Å². The van der Waals surface area contributed by atoms with Crippen LogP contribution >= 0.6 is 10.0 Å². The third kappa shape index (κ3) is 4.68. The summed E-state index contributed by atoms with van der Waals surface area (Å²) in [6, 6.07) is 22.4. The minimum absolute atomic E-state index is 0.167. The van der Waals surface area contributed by atoms with Gasteiger partial charge in [0, 0.05) is 69.5 Å². The van der Waals surface area contributed by atoms with Gasteiger partial charge >= 0.3 is 0 Å². The molecule has 1 aliphatic heterocycles. The average molecular weight is 601 g/mol. The molecule has 0 spiro atoms. The van der Waals surface area contributed by atoms with Gasteiger partial charge in [-0.15, -0.1) is 10.0 Å². The van der Waals surface area contributed by atoms with E-state index in [4.69, 9.17) is 11.5 Å². The fourth-order valence-electron chi connectivity index (χ4n) is 4.93. The molecule has 0 unspecified atom stereocenters. The van der Waals surface area contributed by atoms with E-state index in [2.05, 4.69) is 0 Å². The van der Waals surface area contributed by atoms with Gasteiger partial charge in [0.15, 0.2) is 0 Å². The van der Waals surface area contributed by atoms with Crippen molar-refractivity contribution in [3.8, 4) is 0 Å². The van der Waals surface area contributed by atoms with Crippen LogP contribution in [0.25, 0.3) is 11.1 Å². The summed E-state index contributed by atoms with van der Waals surface area (Å²) in [7, 11) is -2.81. The van der Waals surface area contributed by atoms with Gasteiger partial charge < -0.3 is 11.5 Å². The van der Waals surface area contributed by atoms with E-state index in [1.807, 2.05) is 0 Å². The molecule has 0 bridgehead atoms. The number of hydrogen-bond donors (Lipinski definition) is 2. The van der Waals surface area contributed by atoms with Gasteiger partial charge in [-0.25, -0.2) is 0 Å². The lowest BCUT2D eigenvalue weighted by Gasteiger charge is -2.39. The Morgan fingerprint density at radius 3 is 0.884 bits per heavy atom. The zero-order valence-electron chi connectivity index (χ0n) is 21.9. The summed E-state index contributed by atoms with van der Waals surface area (Å²) in [5.74, 6) is 0. The Morgan fingerprint density at radius 2 is 0.651 bits per heavy atom. The predicted octanol–water partition coefficient (Wildman–Crippen LogP) is 6.21. The smallest absolute Gasteiger partial charge is 0.269 e. The number of hydrogen-bond acceptors (Lipinski definition) is 10. The number of nitrogens with two attached hydrogens (primary N) is 2. The van der Waals surface area contributed by atoms with Crippen molar-refractivity contribution in [2.24, 2.45) is 11.5 Å². The summed E-state index contributed by atoms with van der Waals surface area (Å²) in [4.78, 5) is 44.3. The minimum atomic E-state index is -2.81. The molecule has 43 heavy (non-hydrogen) atoms. The molecular weight excluding hydrogens is 580 g/mol. The molecule has 0 amide bonds. The van der Waals surface area contributed by atoms with Gasteiger partial charge in [0.05, 0.1) is 29.8 Å². The quantitative estimate of drug-likeness (QED) is 0.172. The Labute approximate surface area is 243 Å². The van der Waals surface area contributed by atoms with E-state index in [-0.39, 0.29) is 32.8 Å². The summed E-state index contributed by atoms with van der Waals surface area (Å²) in [6.45, 7) is 0. The third-order valence-electron chi connectivity index (χ3n) is 6.94. The molecule has 0 saturated carbocycles. The van der Waals surface area contributed by atoms with E-state index in [9.17, 15) is 40.5 Å². The van der Waals surface area contributed by atoms with Crippen molar-refractivity contribution in [2.75, 3.05) is 0 Å². The van der Waals surface area contributed by atoms with Crippen LogP contribution in [-0.4, -0.2) is 19.7 Å². The predicted molar refractivity (Wildman–Crippen MR) is 159 cm³/mol. The van der Waals surface area contributed by atoms with Crippen LogP contribution < -0.4 is 11.5 Å². The summed E-state index contributed by atoms with van der Waals surface area (Å²) in [5, 5.41) is 46.0. The second-order valence-corrected chi connectivity index (χ2v) is 12.2. The maximum absolute atomic E-state index is 11.4. The van der Waals surface area contributed by atoms with Crippen LogP contribution in [0.2, 0.25) is 0 Å². The maximum Gasteiger partial charge on any atom is 0.269 e. The van der Waals surface area contributed by atoms with Gasteiger partial charge in [-0.1, -0.05) is 0 Å². The Hall–Kier alpha value is -6.09. The van der Waals surface area contributed by atoms with Crippen LogP contribution in [0.4, 0.5) is 22.7 Å². The maximum atomic E-state index is 11.4. The van der Waals surface area contributed by atoms with Crippen molar-refractivity contribution in [3.05, 3.63) is 159 Å². The Bertz CT molecular complexity index is 1730. The number of benzene rings is 4. The lowest BCUT2D eigenvalue weighted by atomic mass is 9.93. The highest BCUT2D eigenvalue weighted by Gasteiger charge is 2.45. The minimum Gasteiger partial charge on any atom is -0.393 e. The molecule has 1 heterocycles. The molecule has 0 aromatic heterocycles. The molecule has 5 rings (SSSR count). The largest absolute Gasteiger partial charge is 0.393 e. The highest BCUT2D eigenvalue weighted by atomic mass is 32.3. The van der Waals surface area contributed by atoms with Gasteiger partial charge in [0.2, 0.25) is 0 Å². The first-order valence-corrected chi connectivity index (χ1v) is 13.9. The summed E-state index contributed by atoms with van der Waals surface area (Å²) >= 11 is 0. The molecule has 0 radical (unpaired) electrons. The van der Waals surface area contributed by atoms with Crippen LogP contribution in [-0.2, 0) is 0 Å². The molecule has 4 N–H and O–H groups in total. The molecule has 4 aromatic carbocycles. The lowest BCUT2D eigenvalue weighted by Crippen LogP contribution is -2.16. The Kier molecular flexibility index (Phi) is 7.09. The number of nitrogens with zero attached hydrogens (tertiary/aromatic N) is 4. The third-order valence-corrected chi connectivity index (χ3v) is 10.6. The standard InChI is InChI=1S/C28H20N6O8S/c29-27-25(17-1-5-19(6-2-17)31(35)36)26(18-3-7-20(8-4-18)32(37)38)28(30)43(27,23-13-9-21(10-14-23)33(39)40)24-15-11-22(12-16-24)34(41)42/h1-16H,29-30H2. The zero-order valence-corrected chi connectivity index (χ0v) is 22.7. The van der Waals surface area contributed by atoms with Gasteiger partial charge in [-0.05, 0) is 59.7 Å². The zero-order chi connectivity index (χ0) is 31.1. The van der Waals surface area contributed by atoms with Crippen LogP contribution in [0.5, 0.6) is 0 Å². The van der Waals surface area contributed by atoms with Crippen LogP contribution in [0, 0.1) is 40.5 Å². The second kappa shape index (κ2) is 10.7. The van der Waals surface area contributed by atoms with E-state index < -0.39 is 29.7 Å². The van der Waals surface area contributed by atoms with Gasteiger partial charge in [-0.2, -0.15) is 0 Å². The van der Waals surface area contributed by atoms with E-state index in [1.165, 1.54) is 97.1 Å². The first-order valence-electron chi connectivity index (χ1n) is 12.3. The number of rotatable bonds is 8. The molecule has 0 atom stereocenters. The normalized spacial score (nSPS) is 14.8. The van der Waals surface area contributed by atoms with E-state index in [1.54, 1.807) is 0 Å².